The number of benzene rings is 1. The summed E-state index contributed by atoms with van der Waals surface area (Å²) >= 11 is 0. The lowest BCUT2D eigenvalue weighted by Gasteiger charge is -2.44. The number of piperazine rings is 1. The highest BCUT2D eigenvalue weighted by Gasteiger charge is 2.46. The third kappa shape index (κ3) is 3.09. The zero-order valence-corrected chi connectivity index (χ0v) is 13.2. The van der Waals surface area contributed by atoms with Crippen LogP contribution in [0.15, 0.2) is 30.3 Å². The van der Waals surface area contributed by atoms with Crippen LogP contribution in [0.3, 0.4) is 0 Å². The van der Waals surface area contributed by atoms with E-state index in [4.69, 9.17) is 0 Å². The number of rotatable bonds is 4. The molecule has 1 aromatic rings. The summed E-state index contributed by atoms with van der Waals surface area (Å²) in [7, 11) is 0. The fraction of sp³-hybridized carbons (Fsp3) is 0.529. The molecule has 4 nitrogen and oxygen atoms in total. The Balaban J connectivity index is 2.28. The van der Waals surface area contributed by atoms with Gasteiger partial charge in [-0.3, -0.25) is 9.59 Å². The van der Waals surface area contributed by atoms with Crippen molar-refractivity contribution in [3.8, 4) is 0 Å². The average molecular weight is 288 g/mol. The molecular formula is C17H24N2O2. The van der Waals surface area contributed by atoms with Crippen molar-refractivity contribution in [2.75, 3.05) is 6.54 Å². The Kier molecular flexibility index (Phi) is 4.35. The molecule has 2 amide bonds. The second kappa shape index (κ2) is 5.88. The van der Waals surface area contributed by atoms with Crippen molar-refractivity contribution in [1.29, 1.82) is 0 Å². The van der Waals surface area contributed by atoms with E-state index in [1.165, 1.54) is 0 Å². The molecular weight excluding hydrogens is 264 g/mol. The molecule has 2 rings (SSSR count). The van der Waals surface area contributed by atoms with Gasteiger partial charge >= 0.3 is 0 Å². The van der Waals surface area contributed by atoms with Gasteiger partial charge in [0.2, 0.25) is 5.91 Å². The Morgan fingerprint density at radius 2 is 1.81 bits per heavy atom. The van der Waals surface area contributed by atoms with Gasteiger partial charge in [0.15, 0.2) is 0 Å². The number of nitrogens with one attached hydrogen (secondary N) is 1. The fourth-order valence-corrected chi connectivity index (χ4v) is 2.57. The Morgan fingerprint density at radius 3 is 2.38 bits per heavy atom. The highest BCUT2D eigenvalue weighted by molar-refractivity contribution is 5.99. The van der Waals surface area contributed by atoms with E-state index in [0.717, 1.165) is 12.0 Å². The van der Waals surface area contributed by atoms with Crippen LogP contribution in [0.4, 0.5) is 0 Å². The quantitative estimate of drug-likeness (QED) is 0.925. The first-order valence-corrected chi connectivity index (χ1v) is 7.51. The minimum absolute atomic E-state index is 0.0218. The molecule has 0 spiro atoms. The van der Waals surface area contributed by atoms with Crippen LogP contribution < -0.4 is 5.32 Å². The van der Waals surface area contributed by atoms with E-state index < -0.39 is 11.6 Å². The molecule has 1 N–H and O–H groups in total. The molecule has 0 saturated carbocycles. The van der Waals surface area contributed by atoms with Crippen LogP contribution in [0.1, 0.15) is 45.7 Å². The first-order chi connectivity index (χ1) is 9.84. The molecule has 1 heterocycles. The summed E-state index contributed by atoms with van der Waals surface area (Å²) in [5, 5.41) is 2.86. The highest BCUT2D eigenvalue weighted by Crippen LogP contribution is 2.28. The SMILES string of the molecule is CC(C)CCN1C(=O)C(c2ccccc2)NC(=O)C1(C)C. The van der Waals surface area contributed by atoms with Crippen molar-refractivity contribution in [3.63, 3.8) is 0 Å². The van der Waals surface area contributed by atoms with E-state index in [9.17, 15) is 9.59 Å². The summed E-state index contributed by atoms with van der Waals surface area (Å²) in [4.78, 5) is 26.9. The van der Waals surface area contributed by atoms with Crippen molar-refractivity contribution in [1.82, 2.24) is 10.2 Å². The van der Waals surface area contributed by atoms with Gasteiger partial charge in [-0.2, -0.15) is 0 Å². The Bertz CT molecular complexity index is 523. The van der Waals surface area contributed by atoms with Gasteiger partial charge in [-0.25, -0.2) is 0 Å². The van der Waals surface area contributed by atoms with Crippen LogP contribution in [0.25, 0.3) is 0 Å². The molecule has 1 aliphatic rings. The van der Waals surface area contributed by atoms with E-state index in [-0.39, 0.29) is 11.8 Å². The molecule has 1 aliphatic heterocycles. The first-order valence-electron chi connectivity index (χ1n) is 7.51. The number of nitrogens with zero attached hydrogens (tertiary/aromatic N) is 1. The molecule has 1 saturated heterocycles. The number of hydrogen-bond donors (Lipinski definition) is 1. The largest absolute Gasteiger partial charge is 0.338 e. The van der Waals surface area contributed by atoms with Crippen molar-refractivity contribution < 1.29 is 9.59 Å². The molecule has 114 valence electrons. The number of carbonyl (C=O) groups is 2. The summed E-state index contributed by atoms with van der Waals surface area (Å²) in [6, 6.07) is 8.85. The van der Waals surface area contributed by atoms with Gasteiger partial charge < -0.3 is 10.2 Å². The summed E-state index contributed by atoms with van der Waals surface area (Å²) in [5.41, 5.74) is 0.0398. The maximum absolute atomic E-state index is 12.8. The van der Waals surface area contributed by atoms with Gasteiger partial charge in [-0.15, -0.1) is 0 Å². The van der Waals surface area contributed by atoms with E-state index in [1.807, 2.05) is 44.2 Å². The van der Waals surface area contributed by atoms with Crippen LogP contribution in [-0.2, 0) is 9.59 Å². The molecule has 0 aliphatic carbocycles. The minimum Gasteiger partial charge on any atom is -0.338 e. The zero-order valence-electron chi connectivity index (χ0n) is 13.2. The predicted molar refractivity (Wildman–Crippen MR) is 82.6 cm³/mol. The second-order valence-corrected chi connectivity index (χ2v) is 6.55. The van der Waals surface area contributed by atoms with E-state index in [2.05, 4.69) is 19.2 Å². The first kappa shape index (κ1) is 15.5. The molecule has 21 heavy (non-hydrogen) atoms. The van der Waals surface area contributed by atoms with Crippen LogP contribution >= 0.6 is 0 Å². The second-order valence-electron chi connectivity index (χ2n) is 6.55. The van der Waals surface area contributed by atoms with E-state index in [0.29, 0.717) is 12.5 Å². The maximum Gasteiger partial charge on any atom is 0.250 e. The van der Waals surface area contributed by atoms with Crippen LogP contribution in [-0.4, -0.2) is 28.8 Å². The van der Waals surface area contributed by atoms with E-state index in [1.54, 1.807) is 4.90 Å². The van der Waals surface area contributed by atoms with Gasteiger partial charge in [0.1, 0.15) is 11.6 Å². The van der Waals surface area contributed by atoms with Crippen molar-refractivity contribution >= 4 is 11.8 Å². The third-order valence-electron chi connectivity index (χ3n) is 4.08. The van der Waals surface area contributed by atoms with Gasteiger partial charge in [0.25, 0.3) is 5.91 Å². The fourth-order valence-electron chi connectivity index (χ4n) is 2.57. The molecule has 1 atom stereocenters. The number of carbonyl (C=O) groups excluding carboxylic acids is 2. The van der Waals surface area contributed by atoms with Gasteiger partial charge in [0.05, 0.1) is 0 Å². The monoisotopic (exact) mass is 288 g/mol. The lowest BCUT2D eigenvalue weighted by atomic mass is 9.92. The molecule has 0 bridgehead atoms. The Hall–Kier alpha value is -1.84. The third-order valence-corrected chi connectivity index (χ3v) is 4.08. The Labute approximate surface area is 126 Å². The normalized spacial score (nSPS) is 21.6. The maximum atomic E-state index is 12.8. The number of hydrogen-bond acceptors (Lipinski definition) is 2. The highest BCUT2D eigenvalue weighted by atomic mass is 16.2. The predicted octanol–water partition coefficient (Wildman–Crippen LogP) is 2.51. The zero-order chi connectivity index (χ0) is 15.6. The average Bonchev–Trinajstić information content (AvgIpc) is 2.43. The Morgan fingerprint density at radius 1 is 1.19 bits per heavy atom. The molecule has 1 unspecified atom stereocenters. The summed E-state index contributed by atoms with van der Waals surface area (Å²) in [6.45, 7) is 8.47. The minimum atomic E-state index is -0.794. The summed E-state index contributed by atoms with van der Waals surface area (Å²) in [6.07, 6.45) is 0.893. The number of amides is 2. The van der Waals surface area contributed by atoms with Gasteiger partial charge in [-0.05, 0) is 31.7 Å². The van der Waals surface area contributed by atoms with Crippen molar-refractivity contribution in [3.05, 3.63) is 35.9 Å². The lowest BCUT2D eigenvalue weighted by molar-refractivity contribution is -0.155. The molecule has 4 heteroatoms. The van der Waals surface area contributed by atoms with Crippen LogP contribution in [0, 0.1) is 5.92 Å². The van der Waals surface area contributed by atoms with Crippen molar-refractivity contribution in [2.45, 2.75) is 45.7 Å². The molecule has 0 radical (unpaired) electrons. The van der Waals surface area contributed by atoms with E-state index >= 15 is 0 Å². The van der Waals surface area contributed by atoms with Gasteiger partial charge in [0, 0.05) is 6.54 Å². The molecule has 1 fully saturated rings. The smallest absolute Gasteiger partial charge is 0.250 e. The summed E-state index contributed by atoms with van der Waals surface area (Å²) in [5.74, 6) is 0.375. The van der Waals surface area contributed by atoms with Crippen molar-refractivity contribution in [2.24, 2.45) is 5.92 Å². The standard InChI is InChI=1S/C17H24N2O2/c1-12(2)10-11-19-15(20)14(13-8-6-5-7-9-13)18-16(21)17(19,3)4/h5-9,12,14H,10-11H2,1-4H3,(H,18,21). The molecule has 0 aromatic heterocycles. The van der Waals surface area contributed by atoms with Gasteiger partial charge in [-0.1, -0.05) is 44.2 Å². The van der Waals surface area contributed by atoms with Crippen LogP contribution in [0.2, 0.25) is 0 Å². The molecule has 1 aromatic carbocycles. The van der Waals surface area contributed by atoms with Crippen LogP contribution in [0.5, 0.6) is 0 Å². The lowest BCUT2D eigenvalue weighted by Crippen LogP contribution is -2.65. The summed E-state index contributed by atoms with van der Waals surface area (Å²) < 4.78 is 0. The topological polar surface area (TPSA) is 49.4 Å².